The molecule has 2 amide bonds. The van der Waals surface area contributed by atoms with E-state index in [9.17, 15) is 9.59 Å². The Balaban J connectivity index is 1.47. The van der Waals surface area contributed by atoms with Gasteiger partial charge >= 0.3 is 0 Å². The molecule has 6 nitrogen and oxygen atoms in total. The van der Waals surface area contributed by atoms with E-state index in [1.54, 1.807) is 29.7 Å². The van der Waals surface area contributed by atoms with Crippen LogP contribution in [0, 0.1) is 5.92 Å². The molecule has 24 heavy (non-hydrogen) atoms. The maximum atomic E-state index is 12.3. The minimum Gasteiger partial charge on any atom is -0.355 e. The Hall–Kier alpha value is -2.76. The Morgan fingerprint density at radius 3 is 2.75 bits per heavy atom. The molecule has 1 saturated heterocycles. The van der Waals surface area contributed by atoms with E-state index in [0.717, 1.165) is 17.5 Å². The summed E-state index contributed by atoms with van der Waals surface area (Å²) in [6.07, 6.45) is 7.95. The number of amides is 2. The second kappa shape index (κ2) is 7.68. The fourth-order valence-corrected chi connectivity index (χ4v) is 2.83. The molecule has 1 aliphatic heterocycles. The highest BCUT2D eigenvalue weighted by Crippen LogP contribution is 2.20. The minimum absolute atomic E-state index is 0.0271. The van der Waals surface area contributed by atoms with E-state index < -0.39 is 0 Å². The van der Waals surface area contributed by atoms with Gasteiger partial charge in [0.25, 0.3) is 0 Å². The zero-order valence-electron chi connectivity index (χ0n) is 13.4. The summed E-state index contributed by atoms with van der Waals surface area (Å²) in [4.78, 5) is 34.1. The van der Waals surface area contributed by atoms with Crippen molar-refractivity contribution in [2.24, 2.45) is 5.92 Å². The van der Waals surface area contributed by atoms with Crippen molar-refractivity contribution in [3.05, 3.63) is 60.2 Å². The van der Waals surface area contributed by atoms with Crippen molar-refractivity contribution in [3.63, 3.8) is 0 Å². The summed E-state index contributed by atoms with van der Waals surface area (Å²) in [5.41, 5.74) is 2.11. The number of nitrogens with one attached hydrogen (secondary N) is 1. The van der Waals surface area contributed by atoms with Crippen LogP contribution in [0.1, 0.15) is 17.5 Å². The summed E-state index contributed by atoms with van der Waals surface area (Å²) in [6.45, 7) is 1.56. The predicted molar refractivity (Wildman–Crippen MR) is 88.7 cm³/mol. The van der Waals surface area contributed by atoms with Gasteiger partial charge in [-0.05, 0) is 35.7 Å². The van der Waals surface area contributed by atoms with Crippen molar-refractivity contribution in [2.45, 2.75) is 19.4 Å². The molecule has 1 aliphatic rings. The first-order chi connectivity index (χ1) is 11.7. The molecule has 1 atom stereocenters. The molecule has 0 unspecified atom stereocenters. The highest BCUT2D eigenvalue weighted by molar-refractivity contribution is 5.89. The van der Waals surface area contributed by atoms with Gasteiger partial charge in [-0.25, -0.2) is 0 Å². The Bertz CT molecular complexity index is 691. The number of rotatable bonds is 6. The van der Waals surface area contributed by atoms with Crippen LogP contribution in [0.15, 0.2) is 49.1 Å². The van der Waals surface area contributed by atoms with Crippen molar-refractivity contribution < 1.29 is 9.59 Å². The third-order valence-electron chi connectivity index (χ3n) is 4.14. The number of likely N-dealkylation sites (tertiary alicyclic amines) is 1. The third kappa shape index (κ3) is 4.16. The molecule has 0 spiro atoms. The lowest BCUT2D eigenvalue weighted by Gasteiger charge is -2.16. The van der Waals surface area contributed by atoms with E-state index in [4.69, 9.17) is 0 Å². The fourth-order valence-electron chi connectivity index (χ4n) is 2.83. The Kier molecular flexibility index (Phi) is 5.15. The third-order valence-corrected chi connectivity index (χ3v) is 4.14. The van der Waals surface area contributed by atoms with Crippen LogP contribution in [0.25, 0.3) is 0 Å². The minimum atomic E-state index is -0.270. The summed E-state index contributed by atoms with van der Waals surface area (Å²) in [6, 6.07) is 7.63. The van der Waals surface area contributed by atoms with Crippen molar-refractivity contribution >= 4 is 11.8 Å². The van der Waals surface area contributed by atoms with Gasteiger partial charge in [-0.1, -0.05) is 6.07 Å². The molecule has 124 valence electrons. The number of hydrogen-bond donors (Lipinski definition) is 1. The largest absolute Gasteiger partial charge is 0.355 e. The molecular weight excluding hydrogens is 304 g/mol. The first-order valence-electron chi connectivity index (χ1n) is 8.05. The van der Waals surface area contributed by atoms with Gasteiger partial charge in [0.1, 0.15) is 0 Å². The number of nitrogens with zero attached hydrogens (tertiary/aromatic N) is 3. The van der Waals surface area contributed by atoms with Crippen LogP contribution in [-0.2, 0) is 22.6 Å². The molecule has 2 aromatic rings. The Labute approximate surface area is 140 Å². The number of hydrogen-bond acceptors (Lipinski definition) is 4. The molecule has 1 N–H and O–H groups in total. The zero-order chi connectivity index (χ0) is 16.8. The van der Waals surface area contributed by atoms with Crippen LogP contribution in [-0.4, -0.2) is 39.8 Å². The monoisotopic (exact) mass is 324 g/mol. The zero-order valence-corrected chi connectivity index (χ0v) is 13.4. The van der Waals surface area contributed by atoms with Crippen LogP contribution >= 0.6 is 0 Å². The molecular formula is C18H20N4O2. The van der Waals surface area contributed by atoms with E-state index in [1.165, 1.54) is 0 Å². The highest BCUT2D eigenvalue weighted by Gasteiger charge is 2.33. The smallest absolute Gasteiger partial charge is 0.225 e. The molecule has 2 aromatic heterocycles. The number of carbonyl (C=O) groups excluding carboxylic acids is 2. The van der Waals surface area contributed by atoms with Crippen molar-refractivity contribution in [1.82, 2.24) is 20.2 Å². The van der Waals surface area contributed by atoms with E-state index in [2.05, 4.69) is 15.3 Å². The summed E-state index contributed by atoms with van der Waals surface area (Å²) in [5.74, 6) is -0.295. The molecule has 3 rings (SSSR count). The number of carbonyl (C=O) groups is 2. The second-order valence-electron chi connectivity index (χ2n) is 5.93. The van der Waals surface area contributed by atoms with Gasteiger partial charge in [0, 0.05) is 50.8 Å². The van der Waals surface area contributed by atoms with Crippen LogP contribution in [0.5, 0.6) is 0 Å². The fraction of sp³-hybridized carbons (Fsp3) is 0.333. The number of pyridine rings is 2. The Morgan fingerprint density at radius 2 is 2.00 bits per heavy atom. The van der Waals surface area contributed by atoms with Gasteiger partial charge in [-0.3, -0.25) is 19.6 Å². The average molecular weight is 324 g/mol. The van der Waals surface area contributed by atoms with Crippen molar-refractivity contribution in [3.8, 4) is 0 Å². The average Bonchev–Trinajstić information content (AvgIpc) is 2.97. The van der Waals surface area contributed by atoms with E-state index >= 15 is 0 Å². The maximum Gasteiger partial charge on any atom is 0.225 e. The van der Waals surface area contributed by atoms with Crippen LogP contribution in [0.4, 0.5) is 0 Å². The first-order valence-corrected chi connectivity index (χ1v) is 8.05. The SMILES string of the molecule is O=C(NCCc1cccnc1)[C@H]1CC(=O)N(Cc2ccncc2)C1. The molecule has 0 aliphatic carbocycles. The quantitative estimate of drug-likeness (QED) is 0.866. The molecule has 0 saturated carbocycles. The van der Waals surface area contributed by atoms with E-state index in [0.29, 0.717) is 19.6 Å². The normalized spacial score (nSPS) is 17.1. The van der Waals surface area contributed by atoms with Crippen LogP contribution < -0.4 is 5.32 Å². The van der Waals surface area contributed by atoms with Gasteiger partial charge in [-0.2, -0.15) is 0 Å². The molecule has 0 aromatic carbocycles. The predicted octanol–water partition coefficient (Wildman–Crippen LogP) is 1.18. The lowest BCUT2D eigenvalue weighted by molar-refractivity contribution is -0.129. The summed E-state index contributed by atoms with van der Waals surface area (Å²) in [5, 5.41) is 2.92. The first kappa shape index (κ1) is 16.1. The topological polar surface area (TPSA) is 75.2 Å². The molecule has 0 radical (unpaired) electrons. The van der Waals surface area contributed by atoms with Crippen molar-refractivity contribution in [1.29, 1.82) is 0 Å². The molecule has 1 fully saturated rings. The van der Waals surface area contributed by atoms with Gasteiger partial charge in [0.2, 0.25) is 11.8 Å². The van der Waals surface area contributed by atoms with Gasteiger partial charge in [-0.15, -0.1) is 0 Å². The van der Waals surface area contributed by atoms with Gasteiger partial charge in [0.15, 0.2) is 0 Å². The van der Waals surface area contributed by atoms with Crippen molar-refractivity contribution in [2.75, 3.05) is 13.1 Å². The van der Waals surface area contributed by atoms with Gasteiger partial charge in [0.05, 0.1) is 5.92 Å². The van der Waals surface area contributed by atoms with Crippen LogP contribution in [0.3, 0.4) is 0 Å². The standard InChI is InChI=1S/C18H20N4O2/c23-17-10-16(13-22(17)12-15-3-7-19-8-4-15)18(24)21-9-5-14-2-1-6-20-11-14/h1-4,6-8,11,16H,5,9-10,12-13H2,(H,21,24)/t16-/m0/s1. The Morgan fingerprint density at radius 1 is 1.17 bits per heavy atom. The summed E-state index contributed by atoms with van der Waals surface area (Å²) < 4.78 is 0. The van der Waals surface area contributed by atoms with E-state index in [-0.39, 0.29) is 24.2 Å². The lowest BCUT2D eigenvalue weighted by Crippen LogP contribution is -2.34. The van der Waals surface area contributed by atoms with E-state index in [1.807, 2.05) is 24.3 Å². The summed E-state index contributed by atoms with van der Waals surface area (Å²) in [7, 11) is 0. The van der Waals surface area contributed by atoms with Crippen LogP contribution in [0.2, 0.25) is 0 Å². The number of aromatic nitrogens is 2. The highest BCUT2D eigenvalue weighted by atomic mass is 16.2. The molecule has 6 heteroatoms. The molecule has 3 heterocycles. The molecule has 0 bridgehead atoms. The lowest BCUT2D eigenvalue weighted by atomic mass is 10.1. The van der Waals surface area contributed by atoms with Gasteiger partial charge < -0.3 is 10.2 Å². The maximum absolute atomic E-state index is 12.3. The second-order valence-corrected chi connectivity index (χ2v) is 5.93. The summed E-state index contributed by atoms with van der Waals surface area (Å²) >= 11 is 0.